The van der Waals surface area contributed by atoms with Crippen LogP contribution in [-0.4, -0.2) is 35.6 Å². The van der Waals surface area contributed by atoms with E-state index in [2.05, 4.69) is 0 Å². The van der Waals surface area contributed by atoms with E-state index in [1.54, 1.807) is 11.0 Å². The summed E-state index contributed by atoms with van der Waals surface area (Å²) in [7, 11) is 0. The minimum atomic E-state index is -0.0567. The number of hydrogen-bond donors (Lipinski definition) is 1. The quantitative estimate of drug-likeness (QED) is 0.942. The van der Waals surface area contributed by atoms with Gasteiger partial charge in [-0.05, 0) is 29.7 Å². The van der Waals surface area contributed by atoms with Crippen molar-refractivity contribution < 1.29 is 9.90 Å². The first-order valence-electron chi connectivity index (χ1n) is 7.44. The predicted octanol–water partition coefficient (Wildman–Crippen LogP) is 3.46. The number of likely N-dealkylation sites (tertiary alicyclic amines) is 1. The Morgan fingerprint density at radius 2 is 1.95 bits per heavy atom. The van der Waals surface area contributed by atoms with E-state index in [-0.39, 0.29) is 18.4 Å². The van der Waals surface area contributed by atoms with Gasteiger partial charge in [-0.15, -0.1) is 0 Å². The predicted molar refractivity (Wildman–Crippen MR) is 88.0 cm³/mol. The molecule has 0 spiro atoms. The molecule has 0 bridgehead atoms. The van der Waals surface area contributed by atoms with Crippen molar-refractivity contribution in [1.29, 1.82) is 0 Å². The summed E-state index contributed by atoms with van der Waals surface area (Å²) < 4.78 is 0. The lowest BCUT2D eigenvalue weighted by Gasteiger charge is -2.17. The molecule has 1 N–H and O–H groups in total. The third-order valence-corrected chi connectivity index (χ3v) is 4.46. The molecule has 0 saturated carbocycles. The Kier molecular flexibility index (Phi) is 4.46. The van der Waals surface area contributed by atoms with Crippen LogP contribution in [0.5, 0.6) is 0 Å². The van der Waals surface area contributed by atoms with Gasteiger partial charge in [0.1, 0.15) is 0 Å². The first-order valence-corrected chi connectivity index (χ1v) is 7.82. The highest BCUT2D eigenvalue weighted by Gasteiger charge is 2.27. The van der Waals surface area contributed by atoms with E-state index in [0.29, 0.717) is 23.7 Å². The third kappa shape index (κ3) is 3.01. The molecule has 1 saturated heterocycles. The molecule has 1 aliphatic heterocycles. The standard InChI is InChI=1S/C18H18ClNO2/c19-17-7-6-15(14-4-2-1-3-5-14)10-16(17)18(22)20-9-8-13(11-20)12-21/h1-7,10,13,21H,8-9,11-12H2. The van der Waals surface area contributed by atoms with E-state index in [0.717, 1.165) is 17.5 Å². The van der Waals surface area contributed by atoms with Crippen LogP contribution in [0.2, 0.25) is 5.02 Å². The summed E-state index contributed by atoms with van der Waals surface area (Å²) in [5.41, 5.74) is 2.57. The fourth-order valence-electron chi connectivity index (χ4n) is 2.84. The molecule has 0 aromatic heterocycles. The van der Waals surface area contributed by atoms with Gasteiger partial charge in [0.05, 0.1) is 10.6 Å². The number of aliphatic hydroxyl groups is 1. The lowest BCUT2D eigenvalue weighted by atomic mass is 10.0. The molecule has 3 nitrogen and oxygen atoms in total. The van der Waals surface area contributed by atoms with Crippen molar-refractivity contribution in [3.05, 3.63) is 59.1 Å². The Labute approximate surface area is 135 Å². The maximum Gasteiger partial charge on any atom is 0.255 e. The van der Waals surface area contributed by atoms with Crippen molar-refractivity contribution in [3.8, 4) is 11.1 Å². The average molecular weight is 316 g/mol. The number of aliphatic hydroxyl groups excluding tert-OH is 1. The summed E-state index contributed by atoms with van der Waals surface area (Å²) in [5.74, 6) is 0.124. The molecule has 1 fully saturated rings. The number of rotatable bonds is 3. The van der Waals surface area contributed by atoms with Crippen LogP contribution in [-0.2, 0) is 0 Å². The van der Waals surface area contributed by atoms with E-state index in [4.69, 9.17) is 11.6 Å². The van der Waals surface area contributed by atoms with Gasteiger partial charge in [-0.3, -0.25) is 4.79 Å². The molecule has 1 unspecified atom stereocenters. The van der Waals surface area contributed by atoms with Crippen LogP contribution >= 0.6 is 11.6 Å². The molecular formula is C18H18ClNO2. The second kappa shape index (κ2) is 6.51. The molecule has 2 aromatic rings. The first kappa shape index (κ1) is 15.1. The minimum absolute atomic E-state index is 0.0567. The van der Waals surface area contributed by atoms with Crippen LogP contribution in [0.4, 0.5) is 0 Å². The van der Waals surface area contributed by atoms with Crippen molar-refractivity contribution in [2.24, 2.45) is 5.92 Å². The number of amides is 1. The molecule has 1 atom stereocenters. The fraction of sp³-hybridized carbons (Fsp3) is 0.278. The summed E-state index contributed by atoms with van der Waals surface area (Å²) in [6.07, 6.45) is 0.845. The van der Waals surface area contributed by atoms with E-state index >= 15 is 0 Å². The molecule has 114 valence electrons. The minimum Gasteiger partial charge on any atom is -0.396 e. The van der Waals surface area contributed by atoms with E-state index in [9.17, 15) is 9.90 Å². The maximum atomic E-state index is 12.7. The van der Waals surface area contributed by atoms with Gasteiger partial charge in [-0.1, -0.05) is 48.0 Å². The second-order valence-corrected chi connectivity index (χ2v) is 6.06. The molecule has 0 radical (unpaired) electrons. The molecule has 3 rings (SSSR count). The average Bonchev–Trinajstić information content (AvgIpc) is 3.04. The van der Waals surface area contributed by atoms with Crippen molar-refractivity contribution in [3.63, 3.8) is 0 Å². The lowest BCUT2D eigenvalue weighted by Crippen LogP contribution is -2.29. The first-order chi connectivity index (χ1) is 10.7. The highest BCUT2D eigenvalue weighted by Crippen LogP contribution is 2.27. The van der Waals surface area contributed by atoms with Crippen LogP contribution in [0, 0.1) is 5.92 Å². The van der Waals surface area contributed by atoms with Crippen molar-refractivity contribution in [2.45, 2.75) is 6.42 Å². The maximum absolute atomic E-state index is 12.7. The van der Waals surface area contributed by atoms with Gasteiger partial charge in [0.15, 0.2) is 0 Å². The van der Waals surface area contributed by atoms with E-state index in [1.807, 2.05) is 42.5 Å². The van der Waals surface area contributed by atoms with Gasteiger partial charge in [0.2, 0.25) is 0 Å². The monoisotopic (exact) mass is 315 g/mol. The van der Waals surface area contributed by atoms with Gasteiger partial charge in [0, 0.05) is 25.6 Å². The Bertz CT molecular complexity index is 672. The van der Waals surface area contributed by atoms with Gasteiger partial charge in [-0.25, -0.2) is 0 Å². The number of carbonyl (C=O) groups excluding carboxylic acids is 1. The summed E-state index contributed by atoms with van der Waals surface area (Å²) in [5, 5.41) is 9.69. The molecule has 1 aliphatic rings. The van der Waals surface area contributed by atoms with Crippen LogP contribution < -0.4 is 0 Å². The SMILES string of the molecule is O=C(c1cc(-c2ccccc2)ccc1Cl)N1CCC(CO)C1. The van der Waals surface area contributed by atoms with Gasteiger partial charge >= 0.3 is 0 Å². The molecule has 2 aromatic carbocycles. The van der Waals surface area contributed by atoms with Crippen molar-refractivity contribution in [1.82, 2.24) is 4.90 Å². The zero-order valence-corrected chi connectivity index (χ0v) is 13.0. The lowest BCUT2D eigenvalue weighted by molar-refractivity contribution is 0.0782. The van der Waals surface area contributed by atoms with Gasteiger partial charge in [-0.2, -0.15) is 0 Å². The number of carbonyl (C=O) groups is 1. The molecule has 4 heteroatoms. The Balaban J connectivity index is 1.89. The third-order valence-electron chi connectivity index (χ3n) is 4.14. The highest BCUT2D eigenvalue weighted by molar-refractivity contribution is 6.34. The zero-order valence-electron chi connectivity index (χ0n) is 12.2. The van der Waals surface area contributed by atoms with Crippen LogP contribution in [0.25, 0.3) is 11.1 Å². The second-order valence-electron chi connectivity index (χ2n) is 5.65. The largest absolute Gasteiger partial charge is 0.396 e. The summed E-state index contributed by atoms with van der Waals surface area (Å²) in [4.78, 5) is 14.4. The molecule has 0 aliphatic carbocycles. The smallest absolute Gasteiger partial charge is 0.255 e. The van der Waals surface area contributed by atoms with Crippen molar-refractivity contribution >= 4 is 17.5 Å². The molecular weight excluding hydrogens is 298 g/mol. The normalized spacial score (nSPS) is 17.7. The highest BCUT2D eigenvalue weighted by atomic mass is 35.5. The zero-order chi connectivity index (χ0) is 15.5. The fourth-order valence-corrected chi connectivity index (χ4v) is 3.03. The summed E-state index contributed by atoms with van der Waals surface area (Å²) >= 11 is 6.23. The van der Waals surface area contributed by atoms with Crippen LogP contribution in [0.15, 0.2) is 48.5 Å². The van der Waals surface area contributed by atoms with E-state index < -0.39 is 0 Å². The Morgan fingerprint density at radius 1 is 1.18 bits per heavy atom. The number of hydrogen-bond acceptors (Lipinski definition) is 2. The summed E-state index contributed by atoms with van der Waals surface area (Å²) in [6, 6.07) is 15.5. The number of nitrogens with zero attached hydrogens (tertiary/aromatic N) is 1. The van der Waals surface area contributed by atoms with Crippen molar-refractivity contribution in [2.75, 3.05) is 19.7 Å². The Morgan fingerprint density at radius 3 is 2.64 bits per heavy atom. The summed E-state index contributed by atoms with van der Waals surface area (Å²) in [6.45, 7) is 1.40. The topological polar surface area (TPSA) is 40.5 Å². The number of halogens is 1. The van der Waals surface area contributed by atoms with Gasteiger partial charge < -0.3 is 10.0 Å². The Hall–Kier alpha value is -1.84. The molecule has 1 heterocycles. The number of benzene rings is 2. The molecule has 1 amide bonds. The van der Waals surface area contributed by atoms with Gasteiger partial charge in [0.25, 0.3) is 5.91 Å². The van der Waals surface area contributed by atoms with E-state index in [1.165, 1.54) is 0 Å². The van der Waals surface area contributed by atoms with Crippen LogP contribution in [0.1, 0.15) is 16.8 Å². The van der Waals surface area contributed by atoms with Crippen LogP contribution in [0.3, 0.4) is 0 Å². The molecule has 22 heavy (non-hydrogen) atoms.